The average Bonchev–Trinajstić information content (AvgIpc) is 3.01. The van der Waals surface area contributed by atoms with Crippen molar-refractivity contribution in [2.24, 2.45) is 0 Å². The van der Waals surface area contributed by atoms with Gasteiger partial charge in [0, 0.05) is 43.2 Å². The van der Waals surface area contributed by atoms with Crippen molar-refractivity contribution in [2.75, 3.05) is 13.1 Å². The molecule has 1 atom stereocenters. The van der Waals surface area contributed by atoms with E-state index >= 15 is 0 Å². The summed E-state index contributed by atoms with van der Waals surface area (Å²) in [4.78, 5) is 40.5. The van der Waals surface area contributed by atoms with Crippen molar-refractivity contribution in [1.82, 2.24) is 15.1 Å². The Balaban J connectivity index is 1.64. The predicted octanol–water partition coefficient (Wildman–Crippen LogP) is 2.08. The molecule has 0 bridgehead atoms. The normalized spacial score (nSPS) is 20.8. The molecule has 1 aromatic rings. The van der Waals surface area contributed by atoms with Crippen LogP contribution in [0.4, 0.5) is 8.78 Å². The molecule has 0 saturated carbocycles. The van der Waals surface area contributed by atoms with E-state index in [0.29, 0.717) is 38.8 Å². The van der Waals surface area contributed by atoms with E-state index in [4.69, 9.17) is 0 Å². The number of amides is 3. The van der Waals surface area contributed by atoms with E-state index in [1.54, 1.807) is 4.90 Å². The van der Waals surface area contributed by atoms with Gasteiger partial charge in [0.15, 0.2) is 0 Å². The first kappa shape index (κ1) is 20.2. The summed E-state index contributed by atoms with van der Waals surface area (Å²) in [5.74, 6) is -2.20. The van der Waals surface area contributed by atoms with Crippen molar-refractivity contribution in [3.63, 3.8) is 0 Å². The van der Waals surface area contributed by atoms with Gasteiger partial charge in [0.1, 0.15) is 17.7 Å². The number of piperidine rings is 1. The van der Waals surface area contributed by atoms with Gasteiger partial charge in [-0.15, -0.1) is 0 Å². The van der Waals surface area contributed by atoms with Crippen LogP contribution < -0.4 is 5.32 Å². The quantitative estimate of drug-likeness (QED) is 0.852. The summed E-state index contributed by atoms with van der Waals surface area (Å²) in [5.41, 5.74) is -0.0256. The fraction of sp³-hybridized carbons (Fsp3) is 0.550. The largest absolute Gasteiger partial charge is 0.352 e. The van der Waals surface area contributed by atoms with Crippen LogP contribution in [0.1, 0.15) is 49.9 Å². The van der Waals surface area contributed by atoms with E-state index in [1.165, 1.54) is 4.90 Å². The van der Waals surface area contributed by atoms with Gasteiger partial charge in [0.2, 0.25) is 11.8 Å². The number of carbonyl (C=O) groups is 3. The fourth-order valence-electron chi connectivity index (χ4n) is 4.01. The maximum atomic E-state index is 13.4. The summed E-state index contributed by atoms with van der Waals surface area (Å²) in [7, 11) is 0. The highest BCUT2D eigenvalue weighted by Gasteiger charge is 2.41. The van der Waals surface area contributed by atoms with Crippen LogP contribution >= 0.6 is 0 Å². The highest BCUT2D eigenvalue weighted by molar-refractivity contribution is 5.94. The van der Waals surface area contributed by atoms with Crippen LogP contribution in [-0.4, -0.2) is 58.7 Å². The second kappa shape index (κ2) is 8.24. The molecular formula is C20H25F2N3O3. The van der Waals surface area contributed by atoms with Crippen molar-refractivity contribution < 1.29 is 23.2 Å². The van der Waals surface area contributed by atoms with Crippen LogP contribution in [0.2, 0.25) is 0 Å². The fourth-order valence-corrected chi connectivity index (χ4v) is 4.01. The first-order chi connectivity index (χ1) is 13.3. The molecule has 3 rings (SSSR count). The Morgan fingerprint density at radius 3 is 2.25 bits per heavy atom. The van der Waals surface area contributed by atoms with Gasteiger partial charge in [-0.1, -0.05) is 0 Å². The van der Waals surface area contributed by atoms with Crippen molar-refractivity contribution in [2.45, 2.75) is 57.7 Å². The Hall–Kier alpha value is -2.51. The van der Waals surface area contributed by atoms with Gasteiger partial charge in [0.25, 0.3) is 5.91 Å². The number of halogens is 2. The van der Waals surface area contributed by atoms with Crippen LogP contribution in [-0.2, 0) is 9.59 Å². The van der Waals surface area contributed by atoms with Crippen LogP contribution in [0.25, 0.3) is 0 Å². The smallest absolute Gasteiger partial charge is 0.254 e. The molecule has 152 valence electrons. The number of hydrogen-bond donors (Lipinski definition) is 1. The minimum Gasteiger partial charge on any atom is -0.352 e. The van der Waals surface area contributed by atoms with Crippen molar-refractivity contribution in [3.8, 4) is 0 Å². The Kier molecular flexibility index (Phi) is 5.96. The molecule has 2 aliphatic rings. The number of likely N-dealkylation sites (tertiary alicyclic amines) is 2. The second-order valence-corrected chi connectivity index (χ2v) is 7.70. The Bertz CT molecular complexity index is 756. The number of hydrogen-bond acceptors (Lipinski definition) is 3. The highest BCUT2D eigenvalue weighted by Crippen LogP contribution is 2.28. The third kappa shape index (κ3) is 4.31. The van der Waals surface area contributed by atoms with Crippen LogP contribution in [0, 0.1) is 11.6 Å². The first-order valence-electron chi connectivity index (χ1n) is 9.63. The molecule has 28 heavy (non-hydrogen) atoms. The molecule has 3 amide bonds. The van der Waals surface area contributed by atoms with Crippen LogP contribution in [0.15, 0.2) is 18.2 Å². The SMILES string of the molecule is CC(C)NC(=O)C1CCC(=O)N1C1CCN(C(=O)c2cc(F)cc(F)c2)CC1. The van der Waals surface area contributed by atoms with E-state index in [0.717, 1.165) is 18.2 Å². The van der Waals surface area contributed by atoms with E-state index in [1.807, 2.05) is 13.8 Å². The van der Waals surface area contributed by atoms with E-state index in [9.17, 15) is 23.2 Å². The Morgan fingerprint density at radius 2 is 1.68 bits per heavy atom. The zero-order valence-corrected chi connectivity index (χ0v) is 16.1. The topological polar surface area (TPSA) is 69.7 Å². The van der Waals surface area contributed by atoms with Gasteiger partial charge in [-0.25, -0.2) is 8.78 Å². The van der Waals surface area contributed by atoms with Crippen molar-refractivity contribution in [3.05, 3.63) is 35.4 Å². The van der Waals surface area contributed by atoms with Gasteiger partial charge >= 0.3 is 0 Å². The molecule has 0 radical (unpaired) electrons. The van der Waals surface area contributed by atoms with Crippen LogP contribution in [0.3, 0.4) is 0 Å². The maximum Gasteiger partial charge on any atom is 0.254 e. The monoisotopic (exact) mass is 393 g/mol. The number of nitrogens with zero attached hydrogens (tertiary/aromatic N) is 2. The highest BCUT2D eigenvalue weighted by atomic mass is 19.1. The molecule has 0 spiro atoms. The standard InChI is InChI=1S/C20H25F2N3O3/c1-12(2)23-19(27)17-3-4-18(26)25(17)16-5-7-24(8-6-16)20(28)13-9-14(21)11-15(22)10-13/h9-12,16-17H,3-8H2,1-2H3,(H,23,27). The number of rotatable bonds is 4. The molecule has 8 heteroatoms. The molecular weight excluding hydrogens is 368 g/mol. The lowest BCUT2D eigenvalue weighted by Gasteiger charge is -2.39. The van der Waals surface area contributed by atoms with E-state index < -0.39 is 23.6 Å². The van der Waals surface area contributed by atoms with Crippen molar-refractivity contribution in [1.29, 1.82) is 0 Å². The average molecular weight is 393 g/mol. The molecule has 1 N–H and O–H groups in total. The van der Waals surface area contributed by atoms with Gasteiger partial charge in [-0.2, -0.15) is 0 Å². The zero-order chi connectivity index (χ0) is 20.4. The summed E-state index contributed by atoms with van der Waals surface area (Å²) in [5, 5.41) is 2.87. The predicted molar refractivity (Wildman–Crippen MR) is 98.4 cm³/mol. The Morgan fingerprint density at radius 1 is 1.07 bits per heavy atom. The van der Waals surface area contributed by atoms with E-state index in [2.05, 4.69) is 5.32 Å². The van der Waals surface area contributed by atoms with Gasteiger partial charge < -0.3 is 15.1 Å². The molecule has 0 aliphatic carbocycles. The lowest BCUT2D eigenvalue weighted by molar-refractivity contribution is -0.138. The molecule has 2 saturated heterocycles. The third-order valence-electron chi connectivity index (χ3n) is 5.24. The van der Waals surface area contributed by atoms with E-state index in [-0.39, 0.29) is 29.5 Å². The maximum absolute atomic E-state index is 13.4. The van der Waals surface area contributed by atoms with Gasteiger partial charge in [-0.05, 0) is 45.2 Å². The van der Waals surface area contributed by atoms with Crippen molar-refractivity contribution >= 4 is 17.7 Å². The molecule has 1 aromatic carbocycles. The summed E-state index contributed by atoms with van der Waals surface area (Å²) >= 11 is 0. The van der Waals surface area contributed by atoms with Crippen LogP contribution in [0.5, 0.6) is 0 Å². The molecule has 0 aromatic heterocycles. The minimum atomic E-state index is -0.792. The third-order valence-corrected chi connectivity index (χ3v) is 5.24. The zero-order valence-electron chi connectivity index (χ0n) is 16.1. The first-order valence-corrected chi connectivity index (χ1v) is 9.63. The summed E-state index contributed by atoms with van der Waals surface area (Å²) in [6.07, 6.45) is 1.90. The number of nitrogens with one attached hydrogen (secondary N) is 1. The molecule has 1 unspecified atom stereocenters. The summed E-state index contributed by atoms with van der Waals surface area (Å²) < 4.78 is 26.8. The summed E-state index contributed by atoms with van der Waals surface area (Å²) in [6, 6.07) is 2.17. The number of benzene rings is 1. The molecule has 2 aliphatic heterocycles. The van der Waals surface area contributed by atoms with Gasteiger partial charge in [0.05, 0.1) is 0 Å². The second-order valence-electron chi connectivity index (χ2n) is 7.70. The molecule has 2 heterocycles. The molecule has 6 nitrogen and oxygen atoms in total. The lowest BCUT2D eigenvalue weighted by atomic mass is 10.0. The van der Waals surface area contributed by atoms with Gasteiger partial charge in [-0.3, -0.25) is 14.4 Å². The minimum absolute atomic E-state index is 0.00353. The summed E-state index contributed by atoms with van der Waals surface area (Å²) in [6.45, 7) is 4.48. The lowest BCUT2D eigenvalue weighted by Crippen LogP contribution is -2.54. The molecule has 2 fully saturated rings. The number of carbonyl (C=O) groups excluding carboxylic acids is 3. The Labute approximate surface area is 162 Å².